The SMILES string of the molecule is C[C@H]1CCC[C@H](C)C1N(C)C(=O)CCOC1CCOCC1. The molecule has 2 fully saturated rings. The van der Waals surface area contributed by atoms with Crippen LogP contribution in [0.5, 0.6) is 0 Å². The van der Waals surface area contributed by atoms with Crippen LogP contribution in [-0.2, 0) is 14.3 Å². The maximum atomic E-state index is 12.4. The van der Waals surface area contributed by atoms with Crippen LogP contribution in [0.3, 0.4) is 0 Å². The summed E-state index contributed by atoms with van der Waals surface area (Å²) in [4.78, 5) is 14.4. The summed E-state index contributed by atoms with van der Waals surface area (Å²) in [6.07, 6.45) is 6.49. The van der Waals surface area contributed by atoms with E-state index in [4.69, 9.17) is 9.47 Å². The van der Waals surface area contributed by atoms with Crippen molar-refractivity contribution in [1.29, 1.82) is 0 Å². The van der Waals surface area contributed by atoms with Gasteiger partial charge in [-0.25, -0.2) is 0 Å². The van der Waals surface area contributed by atoms with Gasteiger partial charge < -0.3 is 14.4 Å². The lowest BCUT2D eigenvalue weighted by Crippen LogP contribution is -2.47. The normalized spacial score (nSPS) is 28.5. The smallest absolute Gasteiger partial charge is 0.224 e. The minimum Gasteiger partial charge on any atom is -0.381 e. The molecule has 1 saturated heterocycles. The van der Waals surface area contributed by atoms with Gasteiger partial charge in [-0.2, -0.15) is 0 Å². The molecule has 0 bridgehead atoms. The Labute approximate surface area is 129 Å². The summed E-state index contributed by atoms with van der Waals surface area (Å²) in [5.41, 5.74) is 0. The molecule has 1 heterocycles. The van der Waals surface area contributed by atoms with Crippen molar-refractivity contribution >= 4 is 5.91 Å². The highest BCUT2D eigenvalue weighted by Gasteiger charge is 2.32. The third-order valence-electron chi connectivity index (χ3n) is 5.16. The quantitative estimate of drug-likeness (QED) is 0.783. The molecule has 1 aliphatic carbocycles. The second kappa shape index (κ2) is 8.14. The fourth-order valence-corrected chi connectivity index (χ4v) is 3.93. The van der Waals surface area contributed by atoms with Crippen LogP contribution in [0.1, 0.15) is 52.4 Å². The number of nitrogens with zero attached hydrogens (tertiary/aromatic N) is 1. The zero-order valence-corrected chi connectivity index (χ0v) is 13.8. The van der Waals surface area contributed by atoms with Crippen LogP contribution in [0.15, 0.2) is 0 Å². The van der Waals surface area contributed by atoms with Gasteiger partial charge in [0.1, 0.15) is 0 Å². The standard InChI is InChI=1S/C17H31NO3/c1-13-5-4-6-14(2)17(13)18(3)16(19)9-12-21-15-7-10-20-11-8-15/h13-15,17H,4-12H2,1-3H3/t13-,14-/m0/s1. The van der Waals surface area contributed by atoms with E-state index in [0.29, 0.717) is 30.9 Å². The number of carbonyl (C=O) groups excluding carboxylic acids is 1. The van der Waals surface area contributed by atoms with Crippen LogP contribution < -0.4 is 0 Å². The van der Waals surface area contributed by atoms with Gasteiger partial charge in [-0.1, -0.05) is 20.3 Å². The molecular formula is C17H31NO3. The van der Waals surface area contributed by atoms with Crippen molar-refractivity contribution in [3.63, 3.8) is 0 Å². The number of carbonyl (C=O) groups is 1. The van der Waals surface area contributed by atoms with Crippen LogP contribution in [0.25, 0.3) is 0 Å². The predicted octanol–water partition coefficient (Wildman–Crippen LogP) is 2.86. The Morgan fingerprint density at radius 1 is 1.14 bits per heavy atom. The Morgan fingerprint density at radius 2 is 1.76 bits per heavy atom. The Bertz CT molecular complexity index is 318. The number of hydrogen-bond acceptors (Lipinski definition) is 3. The number of amides is 1. The highest BCUT2D eigenvalue weighted by atomic mass is 16.5. The van der Waals surface area contributed by atoms with Crippen molar-refractivity contribution in [2.45, 2.75) is 64.5 Å². The maximum absolute atomic E-state index is 12.4. The first-order valence-corrected chi connectivity index (χ1v) is 8.54. The summed E-state index contributed by atoms with van der Waals surface area (Å²) >= 11 is 0. The van der Waals surface area contributed by atoms with Crippen molar-refractivity contribution in [1.82, 2.24) is 4.90 Å². The maximum Gasteiger partial charge on any atom is 0.224 e. The van der Waals surface area contributed by atoms with Crippen molar-refractivity contribution in [3.05, 3.63) is 0 Å². The predicted molar refractivity (Wildman–Crippen MR) is 83.1 cm³/mol. The van der Waals surface area contributed by atoms with Gasteiger partial charge in [0.25, 0.3) is 0 Å². The lowest BCUT2D eigenvalue weighted by Gasteiger charge is -2.41. The van der Waals surface area contributed by atoms with E-state index in [1.165, 1.54) is 19.3 Å². The molecule has 0 radical (unpaired) electrons. The van der Waals surface area contributed by atoms with Crippen molar-refractivity contribution in [3.8, 4) is 0 Å². The molecule has 2 aliphatic rings. The summed E-state index contributed by atoms with van der Waals surface area (Å²) < 4.78 is 11.1. The molecule has 0 aromatic heterocycles. The number of rotatable bonds is 5. The molecule has 4 heteroatoms. The molecule has 122 valence electrons. The minimum absolute atomic E-state index is 0.229. The summed E-state index contributed by atoms with van der Waals surface area (Å²) in [7, 11) is 1.97. The molecule has 0 N–H and O–H groups in total. The number of hydrogen-bond donors (Lipinski definition) is 0. The first-order valence-electron chi connectivity index (χ1n) is 8.54. The van der Waals surface area contributed by atoms with Crippen molar-refractivity contribution in [2.24, 2.45) is 11.8 Å². The summed E-state index contributed by atoms with van der Waals surface area (Å²) in [5, 5.41) is 0. The summed E-state index contributed by atoms with van der Waals surface area (Å²) in [6, 6.07) is 0.398. The minimum atomic E-state index is 0.229. The summed E-state index contributed by atoms with van der Waals surface area (Å²) in [6.45, 7) is 6.68. The third-order valence-corrected chi connectivity index (χ3v) is 5.16. The van der Waals surface area contributed by atoms with E-state index in [9.17, 15) is 4.79 Å². The van der Waals surface area contributed by atoms with Crippen LogP contribution in [0.2, 0.25) is 0 Å². The Kier molecular flexibility index (Phi) is 6.49. The van der Waals surface area contributed by atoms with Crippen LogP contribution in [0.4, 0.5) is 0 Å². The average molecular weight is 297 g/mol. The van der Waals surface area contributed by atoms with Gasteiger partial charge >= 0.3 is 0 Å². The summed E-state index contributed by atoms with van der Waals surface area (Å²) in [5.74, 6) is 1.45. The topological polar surface area (TPSA) is 38.8 Å². The van der Waals surface area contributed by atoms with Gasteiger partial charge in [0, 0.05) is 26.3 Å². The Hall–Kier alpha value is -0.610. The molecule has 1 aliphatic heterocycles. The van der Waals surface area contributed by atoms with E-state index < -0.39 is 0 Å². The molecule has 1 amide bonds. The Morgan fingerprint density at radius 3 is 2.38 bits per heavy atom. The molecule has 0 aromatic carbocycles. The molecule has 0 spiro atoms. The number of ether oxygens (including phenoxy) is 2. The molecular weight excluding hydrogens is 266 g/mol. The molecule has 0 unspecified atom stereocenters. The fourth-order valence-electron chi connectivity index (χ4n) is 3.93. The first kappa shape index (κ1) is 16.8. The van der Waals surface area contributed by atoms with Crippen LogP contribution >= 0.6 is 0 Å². The molecule has 4 nitrogen and oxygen atoms in total. The third kappa shape index (κ3) is 4.68. The van der Waals surface area contributed by atoms with E-state index in [1.54, 1.807) is 0 Å². The Balaban J connectivity index is 1.73. The molecule has 21 heavy (non-hydrogen) atoms. The second-order valence-electron chi connectivity index (χ2n) is 6.81. The van der Waals surface area contributed by atoms with E-state index in [0.717, 1.165) is 26.1 Å². The van der Waals surface area contributed by atoms with Crippen LogP contribution in [0, 0.1) is 11.8 Å². The van der Waals surface area contributed by atoms with Gasteiger partial charge in [0.15, 0.2) is 0 Å². The monoisotopic (exact) mass is 297 g/mol. The van der Waals surface area contributed by atoms with E-state index in [-0.39, 0.29) is 12.0 Å². The highest BCUT2D eigenvalue weighted by Crippen LogP contribution is 2.32. The van der Waals surface area contributed by atoms with Gasteiger partial charge in [0.2, 0.25) is 5.91 Å². The lowest BCUT2D eigenvalue weighted by atomic mass is 9.78. The highest BCUT2D eigenvalue weighted by molar-refractivity contribution is 5.76. The molecule has 1 saturated carbocycles. The van der Waals surface area contributed by atoms with Gasteiger partial charge in [-0.05, 0) is 37.5 Å². The lowest BCUT2D eigenvalue weighted by molar-refractivity contribution is -0.137. The zero-order chi connectivity index (χ0) is 15.2. The van der Waals surface area contributed by atoms with Crippen molar-refractivity contribution < 1.29 is 14.3 Å². The fraction of sp³-hybridized carbons (Fsp3) is 0.941. The molecule has 2 rings (SSSR count). The zero-order valence-electron chi connectivity index (χ0n) is 13.8. The molecule has 2 atom stereocenters. The van der Waals surface area contributed by atoms with E-state index in [2.05, 4.69) is 13.8 Å². The van der Waals surface area contributed by atoms with Gasteiger partial charge in [-0.15, -0.1) is 0 Å². The van der Waals surface area contributed by atoms with Gasteiger partial charge in [-0.3, -0.25) is 4.79 Å². The second-order valence-corrected chi connectivity index (χ2v) is 6.81. The largest absolute Gasteiger partial charge is 0.381 e. The van der Waals surface area contributed by atoms with E-state index in [1.807, 2.05) is 11.9 Å². The van der Waals surface area contributed by atoms with Crippen LogP contribution in [-0.4, -0.2) is 49.8 Å². The van der Waals surface area contributed by atoms with Gasteiger partial charge in [0.05, 0.1) is 19.1 Å². The van der Waals surface area contributed by atoms with Crippen molar-refractivity contribution in [2.75, 3.05) is 26.9 Å². The average Bonchev–Trinajstić information content (AvgIpc) is 2.48. The molecule has 0 aromatic rings. The first-order chi connectivity index (χ1) is 10.1. The van der Waals surface area contributed by atoms with E-state index >= 15 is 0 Å².